The summed E-state index contributed by atoms with van der Waals surface area (Å²) >= 11 is 0. The van der Waals surface area contributed by atoms with Crippen LogP contribution in [0.4, 0.5) is 4.79 Å². The molecule has 5 fully saturated rings. The topological polar surface area (TPSA) is 98.7 Å². The number of carbonyl (C=O) groups is 1. The van der Waals surface area contributed by atoms with Gasteiger partial charge in [-0.25, -0.2) is 4.79 Å². The highest BCUT2D eigenvalue weighted by Crippen LogP contribution is 2.57. The Balaban J connectivity index is 1.25. The first kappa shape index (κ1) is 18.2. The Labute approximate surface area is 171 Å². The van der Waals surface area contributed by atoms with E-state index in [-0.39, 0.29) is 17.6 Å². The van der Waals surface area contributed by atoms with E-state index < -0.39 is 15.8 Å². The standard InChI is InChI=1S/C21H27N3O4S/c25-19-22-21(8-14-3-1-2-4-15(14)9-21)12-24(19)18-16-5-13-6-17(18)11-20(7-13,10-16)23-29(26,27)28/h1-4,13,16-18,23H,5-12H2,(H,22,25)(H,26,27,28). The van der Waals surface area contributed by atoms with Gasteiger partial charge in [-0.05, 0) is 73.8 Å². The maximum atomic E-state index is 13.1. The zero-order chi connectivity index (χ0) is 20.0. The SMILES string of the molecule is O=C1NC2(Cc3ccccc3C2)CN1C1C2CC3CC1CC(NS(=O)(=O)O)(C3)C2. The number of amides is 2. The van der Waals surface area contributed by atoms with Crippen LogP contribution in [0.15, 0.2) is 24.3 Å². The Bertz CT molecular complexity index is 952. The predicted molar refractivity (Wildman–Crippen MR) is 107 cm³/mol. The summed E-state index contributed by atoms with van der Waals surface area (Å²) in [4.78, 5) is 15.2. The molecule has 1 aromatic carbocycles. The van der Waals surface area contributed by atoms with Crippen molar-refractivity contribution in [3.05, 3.63) is 35.4 Å². The number of nitrogens with one attached hydrogen (secondary N) is 2. The second-order valence-corrected chi connectivity index (χ2v) is 11.4. The summed E-state index contributed by atoms with van der Waals surface area (Å²) in [6.07, 6.45) is 6.08. The van der Waals surface area contributed by atoms with Crippen LogP contribution in [0.1, 0.15) is 43.2 Å². The number of benzene rings is 1. The first-order valence-electron chi connectivity index (χ1n) is 10.7. The van der Waals surface area contributed by atoms with Gasteiger partial charge in [0.15, 0.2) is 0 Å². The molecule has 8 heteroatoms. The summed E-state index contributed by atoms with van der Waals surface area (Å²) in [5, 5.41) is 3.32. The molecule has 156 valence electrons. The van der Waals surface area contributed by atoms with Gasteiger partial charge in [0.05, 0.1) is 5.54 Å². The van der Waals surface area contributed by atoms with Crippen molar-refractivity contribution in [2.45, 2.75) is 62.1 Å². The lowest BCUT2D eigenvalue weighted by molar-refractivity contribution is -0.0672. The Morgan fingerprint density at radius 3 is 2.28 bits per heavy atom. The van der Waals surface area contributed by atoms with E-state index in [1.165, 1.54) is 11.1 Å². The molecule has 1 aliphatic heterocycles. The third-order valence-electron chi connectivity index (χ3n) is 8.21. The molecule has 29 heavy (non-hydrogen) atoms. The van der Waals surface area contributed by atoms with Crippen LogP contribution in [-0.4, -0.2) is 47.6 Å². The van der Waals surface area contributed by atoms with E-state index in [1.54, 1.807) is 0 Å². The third-order valence-corrected chi connectivity index (χ3v) is 8.90. The maximum Gasteiger partial charge on any atom is 0.333 e. The molecule has 2 amide bonds. The minimum Gasteiger partial charge on any atom is -0.330 e. The van der Waals surface area contributed by atoms with Crippen LogP contribution >= 0.6 is 0 Å². The molecule has 3 N–H and O–H groups in total. The fraction of sp³-hybridized carbons (Fsp3) is 0.667. The van der Waals surface area contributed by atoms with E-state index in [1.807, 2.05) is 0 Å². The second kappa shape index (κ2) is 5.74. The summed E-state index contributed by atoms with van der Waals surface area (Å²) in [5.74, 6) is 1.06. The van der Waals surface area contributed by atoms with E-state index in [2.05, 4.69) is 39.2 Å². The van der Waals surface area contributed by atoms with E-state index in [0.717, 1.165) is 38.6 Å². The van der Waals surface area contributed by atoms with E-state index in [0.29, 0.717) is 30.6 Å². The Morgan fingerprint density at radius 2 is 1.69 bits per heavy atom. The average Bonchev–Trinajstić information content (AvgIpc) is 3.10. The highest BCUT2D eigenvalue weighted by atomic mass is 32.2. The minimum atomic E-state index is -4.23. The zero-order valence-corrected chi connectivity index (χ0v) is 17.1. The lowest BCUT2D eigenvalue weighted by Crippen LogP contribution is -2.66. The van der Waals surface area contributed by atoms with Crippen molar-refractivity contribution in [3.63, 3.8) is 0 Å². The molecule has 2 unspecified atom stereocenters. The van der Waals surface area contributed by atoms with Crippen LogP contribution in [0.2, 0.25) is 0 Å². The maximum absolute atomic E-state index is 13.1. The molecule has 1 spiro atoms. The van der Waals surface area contributed by atoms with Gasteiger partial charge in [-0.2, -0.15) is 13.1 Å². The van der Waals surface area contributed by atoms with Gasteiger partial charge in [-0.3, -0.25) is 4.55 Å². The van der Waals surface area contributed by atoms with Gasteiger partial charge in [0, 0.05) is 18.1 Å². The van der Waals surface area contributed by atoms with E-state index in [9.17, 15) is 17.8 Å². The summed E-state index contributed by atoms with van der Waals surface area (Å²) < 4.78 is 35.1. The molecule has 4 saturated carbocycles. The lowest BCUT2D eigenvalue weighted by atomic mass is 9.51. The van der Waals surface area contributed by atoms with Crippen LogP contribution in [-0.2, 0) is 23.1 Å². The molecule has 0 aromatic heterocycles. The quantitative estimate of drug-likeness (QED) is 0.654. The molecule has 7 rings (SSSR count). The van der Waals surface area contributed by atoms with E-state index in [4.69, 9.17) is 0 Å². The van der Waals surface area contributed by atoms with Gasteiger partial charge in [-0.1, -0.05) is 24.3 Å². The number of fused-ring (bicyclic) bond motifs is 1. The summed E-state index contributed by atoms with van der Waals surface area (Å²) in [6, 6.07) is 8.65. The monoisotopic (exact) mass is 417 g/mol. The first-order valence-corrected chi connectivity index (χ1v) is 12.1. The minimum absolute atomic E-state index is 0.0343. The largest absolute Gasteiger partial charge is 0.333 e. The highest BCUT2D eigenvalue weighted by molar-refractivity contribution is 7.83. The van der Waals surface area contributed by atoms with E-state index >= 15 is 0 Å². The molecule has 4 bridgehead atoms. The van der Waals surface area contributed by atoms with Gasteiger partial charge in [-0.15, -0.1) is 0 Å². The normalized spacial score (nSPS) is 39.2. The predicted octanol–water partition coefficient (Wildman–Crippen LogP) is 1.89. The second-order valence-electron chi connectivity index (χ2n) is 10.3. The average molecular weight is 418 g/mol. The van der Waals surface area contributed by atoms with Crippen molar-refractivity contribution in [1.82, 2.24) is 14.9 Å². The van der Waals surface area contributed by atoms with Gasteiger partial charge in [0.25, 0.3) is 0 Å². The van der Waals surface area contributed by atoms with Gasteiger partial charge in [0.2, 0.25) is 0 Å². The smallest absolute Gasteiger partial charge is 0.330 e. The van der Waals surface area contributed by atoms with Gasteiger partial charge < -0.3 is 10.2 Å². The van der Waals surface area contributed by atoms with Crippen molar-refractivity contribution in [3.8, 4) is 0 Å². The van der Waals surface area contributed by atoms with Crippen LogP contribution in [0.3, 0.4) is 0 Å². The number of hydrogen-bond acceptors (Lipinski definition) is 3. The lowest BCUT2D eigenvalue weighted by Gasteiger charge is -2.61. The van der Waals surface area contributed by atoms with Crippen molar-refractivity contribution in [2.24, 2.45) is 17.8 Å². The summed E-state index contributed by atoms with van der Waals surface area (Å²) in [6.45, 7) is 0.724. The molecular weight excluding hydrogens is 390 g/mol. The number of rotatable bonds is 3. The van der Waals surface area contributed by atoms with Crippen molar-refractivity contribution < 1.29 is 17.8 Å². The number of nitrogens with zero attached hydrogens (tertiary/aromatic N) is 1. The number of carbonyl (C=O) groups excluding carboxylic acids is 1. The first-order chi connectivity index (χ1) is 13.7. The molecule has 0 radical (unpaired) electrons. The van der Waals surface area contributed by atoms with Crippen LogP contribution in [0.5, 0.6) is 0 Å². The molecule has 2 atom stereocenters. The van der Waals surface area contributed by atoms with Crippen molar-refractivity contribution in [1.29, 1.82) is 0 Å². The number of urea groups is 1. The Morgan fingerprint density at radius 1 is 1.07 bits per heavy atom. The molecular formula is C21H27N3O4S. The fourth-order valence-electron chi connectivity index (χ4n) is 7.78. The Kier molecular flexibility index (Phi) is 3.59. The third kappa shape index (κ3) is 2.83. The molecule has 6 aliphatic rings. The zero-order valence-electron chi connectivity index (χ0n) is 16.3. The van der Waals surface area contributed by atoms with Crippen LogP contribution in [0.25, 0.3) is 0 Å². The van der Waals surface area contributed by atoms with Gasteiger partial charge >= 0.3 is 16.3 Å². The molecule has 1 saturated heterocycles. The summed E-state index contributed by atoms with van der Waals surface area (Å²) in [7, 11) is -4.23. The van der Waals surface area contributed by atoms with Crippen molar-refractivity contribution >= 4 is 16.3 Å². The number of hydrogen-bond donors (Lipinski definition) is 3. The molecule has 5 aliphatic carbocycles. The fourth-order valence-corrected chi connectivity index (χ4v) is 8.57. The molecule has 7 nitrogen and oxygen atoms in total. The molecule has 1 heterocycles. The van der Waals surface area contributed by atoms with Crippen LogP contribution < -0.4 is 10.0 Å². The van der Waals surface area contributed by atoms with Gasteiger partial charge in [0.1, 0.15) is 0 Å². The van der Waals surface area contributed by atoms with Crippen molar-refractivity contribution in [2.75, 3.05) is 6.54 Å². The Hall–Kier alpha value is -1.64. The summed E-state index contributed by atoms with van der Waals surface area (Å²) in [5.41, 5.74) is 1.92. The highest BCUT2D eigenvalue weighted by Gasteiger charge is 2.60. The molecule has 1 aromatic rings. The van der Waals surface area contributed by atoms with Crippen LogP contribution in [0, 0.1) is 17.8 Å².